The number of nitrogens with zero attached hydrogens (tertiary/aromatic N) is 4. The van der Waals surface area contributed by atoms with Gasteiger partial charge in [-0.2, -0.15) is 4.98 Å². The molecule has 0 fully saturated rings. The van der Waals surface area contributed by atoms with Crippen LogP contribution in [0.25, 0.3) is 16.8 Å². The predicted octanol–water partition coefficient (Wildman–Crippen LogP) is 3.16. The molecule has 188 valence electrons. The van der Waals surface area contributed by atoms with Crippen molar-refractivity contribution in [1.29, 1.82) is 0 Å². The second-order valence-electron chi connectivity index (χ2n) is 8.49. The molecule has 0 aliphatic carbocycles. The molecule has 0 spiro atoms. The Kier molecular flexibility index (Phi) is 7.13. The first-order chi connectivity index (χ1) is 17.7. The molecule has 0 unspecified atom stereocenters. The van der Waals surface area contributed by atoms with Crippen molar-refractivity contribution in [3.05, 3.63) is 71.4 Å². The van der Waals surface area contributed by atoms with Gasteiger partial charge in [-0.1, -0.05) is 5.24 Å². The van der Waals surface area contributed by atoms with E-state index in [1.165, 1.54) is 11.4 Å². The standard InChI is InChI=1S/C23H17B3F4N6O2/c1-11-17(20(37)32-12(2)16-9-15(3-4-18(16)27)38-23(28,29)30)7-14(10-31-11)13-5-6-36-19(8-13)33-21(35-36)34-22(24,25)26/h3-10,12H,1-2H3,(H,32,37)(H,34,35)/t12-/m1/s1. The van der Waals surface area contributed by atoms with Crippen molar-refractivity contribution in [1.82, 2.24) is 24.9 Å². The summed E-state index contributed by atoms with van der Waals surface area (Å²) in [5, 5.41) is 7.58. The zero-order valence-corrected chi connectivity index (χ0v) is 20.0. The molecule has 0 aliphatic rings. The summed E-state index contributed by atoms with van der Waals surface area (Å²) in [4.78, 5) is 21.6. The molecule has 0 saturated heterocycles. The number of aryl methyl sites for hydroxylation is 1. The lowest BCUT2D eigenvalue weighted by Crippen LogP contribution is -2.40. The van der Waals surface area contributed by atoms with Gasteiger partial charge >= 0.3 is 6.36 Å². The van der Waals surface area contributed by atoms with E-state index in [1.54, 1.807) is 37.5 Å². The van der Waals surface area contributed by atoms with Crippen LogP contribution in [0.1, 0.15) is 34.6 Å². The average Bonchev–Trinajstić information content (AvgIpc) is 3.19. The Morgan fingerprint density at radius 3 is 2.53 bits per heavy atom. The summed E-state index contributed by atoms with van der Waals surface area (Å²) in [6.07, 6.45) is -1.77. The van der Waals surface area contributed by atoms with Gasteiger partial charge in [-0.05, 0) is 55.8 Å². The molecule has 15 heteroatoms. The number of nitrogens with one attached hydrogen (secondary N) is 2. The summed E-state index contributed by atoms with van der Waals surface area (Å²) in [5.74, 6) is -1.91. The van der Waals surface area contributed by atoms with Gasteiger partial charge in [0.2, 0.25) is 5.95 Å². The molecule has 6 radical (unpaired) electrons. The van der Waals surface area contributed by atoms with Gasteiger partial charge in [-0.25, -0.2) is 8.91 Å². The van der Waals surface area contributed by atoms with E-state index in [0.717, 1.165) is 18.2 Å². The minimum atomic E-state index is -4.94. The fourth-order valence-corrected chi connectivity index (χ4v) is 3.63. The van der Waals surface area contributed by atoms with Crippen LogP contribution in [0.3, 0.4) is 0 Å². The number of pyridine rings is 2. The van der Waals surface area contributed by atoms with Gasteiger partial charge in [-0.15, -0.1) is 18.3 Å². The van der Waals surface area contributed by atoms with Crippen LogP contribution < -0.4 is 15.4 Å². The summed E-state index contributed by atoms with van der Waals surface area (Å²) in [5.41, 5.74) is 2.01. The number of ether oxygens (including phenoxy) is 1. The number of alkyl halides is 3. The van der Waals surface area contributed by atoms with Gasteiger partial charge < -0.3 is 15.4 Å². The number of rotatable bonds is 7. The SMILES string of the molecule is [B]C([B])([B])Nc1nc2cc(-c3cnc(C)c(C(=O)N[C@H](C)c4cc(OC(F)(F)F)ccc4F)c3)ccn2n1. The molecule has 38 heavy (non-hydrogen) atoms. The quantitative estimate of drug-likeness (QED) is 0.289. The second-order valence-corrected chi connectivity index (χ2v) is 8.49. The van der Waals surface area contributed by atoms with Gasteiger partial charge in [-0.3, -0.25) is 9.78 Å². The van der Waals surface area contributed by atoms with Gasteiger partial charge in [0, 0.05) is 23.5 Å². The van der Waals surface area contributed by atoms with Crippen molar-refractivity contribution in [2.75, 3.05) is 5.32 Å². The lowest BCUT2D eigenvalue weighted by Gasteiger charge is -2.20. The fourth-order valence-electron chi connectivity index (χ4n) is 3.63. The average molecular weight is 518 g/mol. The Bertz CT molecular complexity index is 1510. The van der Waals surface area contributed by atoms with Gasteiger partial charge in [0.25, 0.3) is 5.91 Å². The molecular weight excluding hydrogens is 501 g/mol. The molecule has 3 aromatic heterocycles. The molecule has 0 aliphatic heterocycles. The molecule has 1 atom stereocenters. The Morgan fingerprint density at radius 1 is 1.11 bits per heavy atom. The van der Waals surface area contributed by atoms with Crippen molar-refractivity contribution in [3.8, 4) is 16.9 Å². The van der Waals surface area contributed by atoms with E-state index in [4.69, 9.17) is 23.5 Å². The lowest BCUT2D eigenvalue weighted by atomic mass is 9.49. The molecule has 1 aromatic carbocycles. The number of carbonyl (C=O) groups excluding carboxylic acids is 1. The third-order valence-corrected chi connectivity index (χ3v) is 5.35. The van der Waals surface area contributed by atoms with Crippen LogP contribution in [-0.2, 0) is 0 Å². The molecule has 4 rings (SSSR count). The summed E-state index contributed by atoms with van der Waals surface area (Å²) < 4.78 is 57.3. The maximum absolute atomic E-state index is 14.4. The highest BCUT2D eigenvalue weighted by molar-refractivity contribution is 6.60. The van der Waals surface area contributed by atoms with E-state index in [1.807, 2.05) is 0 Å². The number of fused-ring (bicyclic) bond motifs is 1. The normalized spacial score (nSPS) is 12.8. The third kappa shape index (κ3) is 6.45. The predicted molar refractivity (Wildman–Crippen MR) is 134 cm³/mol. The van der Waals surface area contributed by atoms with Crippen LogP contribution in [-0.4, -0.2) is 60.6 Å². The van der Waals surface area contributed by atoms with Crippen molar-refractivity contribution < 1.29 is 27.1 Å². The second kappa shape index (κ2) is 10.0. The van der Waals surface area contributed by atoms with Crippen LogP contribution in [0, 0.1) is 12.7 Å². The number of halogens is 4. The van der Waals surface area contributed by atoms with Crippen molar-refractivity contribution in [2.24, 2.45) is 0 Å². The largest absolute Gasteiger partial charge is 0.573 e. The molecular formula is C23H17B3F4N6O2. The first kappa shape index (κ1) is 27.0. The Hall–Kier alpha value is -4.03. The van der Waals surface area contributed by atoms with Crippen LogP contribution in [0.5, 0.6) is 5.75 Å². The summed E-state index contributed by atoms with van der Waals surface area (Å²) in [6, 6.07) is 6.56. The highest BCUT2D eigenvalue weighted by Crippen LogP contribution is 2.28. The number of carbonyl (C=O) groups is 1. The summed E-state index contributed by atoms with van der Waals surface area (Å²) in [6.45, 7) is 3.05. The van der Waals surface area contributed by atoms with Crippen LogP contribution in [0.2, 0.25) is 0 Å². The van der Waals surface area contributed by atoms with Gasteiger partial charge in [0.05, 0.1) is 40.8 Å². The monoisotopic (exact) mass is 518 g/mol. The van der Waals surface area contributed by atoms with E-state index in [-0.39, 0.29) is 17.1 Å². The summed E-state index contributed by atoms with van der Waals surface area (Å²) in [7, 11) is 16.6. The lowest BCUT2D eigenvalue weighted by molar-refractivity contribution is -0.274. The molecule has 2 N–H and O–H groups in total. The van der Waals surface area contributed by atoms with E-state index >= 15 is 0 Å². The highest BCUT2D eigenvalue weighted by Gasteiger charge is 2.31. The zero-order valence-electron chi connectivity index (χ0n) is 20.0. The number of anilines is 1. The van der Waals surface area contributed by atoms with E-state index in [9.17, 15) is 22.4 Å². The highest BCUT2D eigenvalue weighted by atomic mass is 19.4. The van der Waals surface area contributed by atoms with Crippen molar-refractivity contribution >= 4 is 41.0 Å². The first-order valence-corrected chi connectivity index (χ1v) is 11.0. The zero-order chi connectivity index (χ0) is 27.8. The van der Waals surface area contributed by atoms with Crippen LogP contribution in [0.15, 0.2) is 48.8 Å². The Labute approximate surface area is 218 Å². The Balaban J connectivity index is 1.57. The van der Waals surface area contributed by atoms with Gasteiger partial charge in [0.15, 0.2) is 5.65 Å². The number of hydrogen-bond acceptors (Lipinski definition) is 6. The number of aromatic nitrogens is 4. The number of hydrogen-bond donors (Lipinski definition) is 2. The molecule has 0 saturated carbocycles. The maximum atomic E-state index is 14.4. The Morgan fingerprint density at radius 2 is 1.84 bits per heavy atom. The number of amides is 1. The van der Waals surface area contributed by atoms with Crippen LogP contribution in [0.4, 0.5) is 23.5 Å². The molecule has 3 heterocycles. The van der Waals surface area contributed by atoms with Crippen molar-refractivity contribution in [3.63, 3.8) is 0 Å². The first-order valence-electron chi connectivity index (χ1n) is 11.0. The topological polar surface area (TPSA) is 93.4 Å². The molecule has 4 aromatic rings. The van der Waals surface area contributed by atoms with Crippen molar-refractivity contribution in [2.45, 2.75) is 31.5 Å². The molecule has 8 nitrogen and oxygen atoms in total. The van der Waals surface area contributed by atoms with Gasteiger partial charge in [0.1, 0.15) is 11.6 Å². The minimum absolute atomic E-state index is 0.0997. The third-order valence-electron chi connectivity index (χ3n) is 5.35. The molecule has 0 bridgehead atoms. The number of benzene rings is 1. The van der Waals surface area contributed by atoms with E-state index < -0.39 is 35.1 Å². The molecule has 1 amide bonds. The van der Waals surface area contributed by atoms with E-state index in [2.05, 4.69) is 30.4 Å². The summed E-state index contributed by atoms with van der Waals surface area (Å²) >= 11 is 0. The maximum Gasteiger partial charge on any atom is 0.573 e. The fraction of sp³-hybridized carbons (Fsp3) is 0.217. The van der Waals surface area contributed by atoms with Crippen LogP contribution >= 0.6 is 0 Å². The van der Waals surface area contributed by atoms with E-state index in [0.29, 0.717) is 22.5 Å². The smallest absolute Gasteiger partial charge is 0.406 e. The minimum Gasteiger partial charge on any atom is -0.406 e.